The van der Waals surface area contributed by atoms with Gasteiger partial charge in [0.05, 0.1) is 16.8 Å². The predicted molar refractivity (Wildman–Crippen MR) is 97.3 cm³/mol. The second-order valence-electron chi connectivity index (χ2n) is 5.78. The molecule has 1 amide bonds. The maximum atomic E-state index is 12.2. The van der Waals surface area contributed by atoms with Gasteiger partial charge in [-0.25, -0.2) is 4.98 Å². The van der Waals surface area contributed by atoms with Gasteiger partial charge in [0.1, 0.15) is 0 Å². The number of nitrogens with one attached hydrogen (secondary N) is 1. The fourth-order valence-electron chi connectivity index (χ4n) is 2.61. The lowest BCUT2D eigenvalue weighted by atomic mass is 10.2. The third-order valence-electron chi connectivity index (χ3n) is 3.92. The zero-order valence-electron chi connectivity index (χ0n) is 13.7. The van der Waals surface area contributed by atoms with Gasteiger partial charge < -0.3 is 19.7 Å². The third kappa shape index (κ3) is 3.36. The predicted octanol–water partition coefficient (Wildman–Crippen LogP) is 2.78. The largest absolute Gasteiger partial charge is 0.454 e. The summed E-state index contributed by atoms with van der Waals surface area (Å²) < 4.78 is 11.7. The first-order valence-corrected chi connectivity index (χ1v) is 8.72. The fourth-order valence-corrected chi connectivity index (χ4v) is 3.54. The molecule has 0 atom stereocenters. The molecule has 1 aromatic heterocycles. The van der Waals surface area contributed by atoms with Gasteiger partial charge in [-0.3, -0.25) is 4.79 Å². The van der Waals surface area contributed by atoms with Gasteiger partial charge in [-0.05, 0) is 29.8 Å². The molecule has 0 unspecified atom stereocenters. The van der Waals surface area contributed by atoms with Gasteiger partial charge >= 0.3 is 0 Å². The molecule has 2 heterocycles. The summed E-state index contributed by atoms with van der Waals surface area (Å²) >= 11 is 1.58. The van der Waals surface area contributed by atoms with Crippen molar-refractivity contribution in [3.8, 4) is 11.5 Å². The van der Waals surface area contributed by atoms with Crippen LogP contribution >= 0.6 is 11.3 Å². The minimum atomic E-state index is -0.0561. The molecular weight excluding hydrogens is 338 g/mol. The van der Waals surface area contributed by atoms with Crippen LogP contribution in [0.1, 0.15) is 5.56 Å². The summed E-state index contributed by atoms with van der Waals surface area (Å²) in [6.45, 7) is 0.950. The van der Waals surface area contributed by atoms with Crippen LogP contribution in [-0.2, 0) is 11.3 Å². The van der Waals surface area contributed by atoms with E-state index in [2.05, 4.69) is 10.3 Å². The molecule has 0 aliphatic carbocycles. The highest BCUT2D eigenvalue weighted by molar-refractivity contribution is 7.22. The summed E-state index contributed by atoms with van der Waals surface area (Å²) in [7, 11) is 1.87. The molecule has 0 bridgehead atoms. The number of rotatable bonds is 5. The second-order valence-corrected chi connectivity index (χ2v) is 6.79. The minimum Gasteiger partial charge on any atom is -0.454 e. The number of amides is 1. The van der Waals surface area contributed by atoms with Crippen LogP contribution < -0.4 is 19.7 Å². The molecule has 0 spiro atoms. The van der Waals surface area contributed by atoms with Crippen LogP contribution in [0.25, 0.3) is 10.2 Å². The summed E-state index contributed by atoms with van der Waals surface area (Å²) in [6, 6.07) is 13.6. The summed E-state index contributed by atoms with van der Waals surface area (Å²) in [6.07, 6.45) is 0. The van der Waals surface area contributed by atoms with Gasteiger partial charge in [0.25, 0.3) is 0 Å². The number of benzene rings is 2. The van der Waals surface area contributed by atoms with Crippen LogP contribution in [0.15, 0.2) is 42.5 Å². The lowest BCUT2D eigenvalue weighted by Gasteiger charge is -2.15. The number of hydrogen-bond donors (Lipinski definition) is 1. The maximum Gasteiger partial charge on any atom is 0.239 e. The van der Waals surface area contributed by atoms with Crippen molar-refractivity contribution in [3.63, 3.8) is 0 Å². The first-order chi connectivity index (χ1) is 12.2. The number of thiazole rings is 1. The molecule has 25 heavy (non-hydrogen) atoms. The van der Waals surface area contributed by atoms with E-state index < -0.39 is 0 Å². The monoisotopic (exact) mass is 355 g/mol. The number of aromatic nitrogens is 1. The molecular formula is C18H17N3O3S. The fraction of sp³-hybridized carbons (Fsp3) is 0.222. The Kier molecular flexibility index (Phi) is 4.15. The Balaban J connectivity index is 1.35. The Hall–Kier alpha value is -2.80. The van der Waals surface area contributed by atoms with E-state index in [-0.39, 0.29) is 19.2 Å². The maximum absolute atomic E-state index is 12.2. The van der Waals surface area contributed by atoms with E-state index in [4.69, 9.17) is 9.47 Å². The number of fused-ring (bicyclic) bond motifs is 2. The SMILES string of the molecule is CN(CC(=O)NCc1ccc2c(c1)OCO2)c1nc2ccccc2s1. The number of hydrogen-bond acceptors (Lipinski definition) is 6. The molecule has 1 aliphatic heterocycles. The zero-order valence-corrected chi connectivity index (χ0v) is 14.5. The van der Waals surface area contributed by atoms with Gasteiger partial charge in [-0.1, -0.05) is 29.5 Å². The number of likely N-dealkylation sites (N-methyl/N-ethyl adjacent to an activating group) is 1. The van der Waals surface area contributed by atoms with Crippen molar-refractivity contribution in [2.45, 2.75) is 6.54 Å². The summed E-state index contributed by atoms with van der Waals surface area (Å²) in [5.41, 5.74) is 1.93. The number of para-hydroxylation sites is 1. The molecule has 4 rings (SSSR count). The van der Waals surface area contributed by atoms with Crippen LogP contribution in [0.5, 0.6) is 11.5 Å². The smallest absolute Gasteiger partial charge is 0.239 e. The van der Waals surface area contributed by atoms with Gasteiger partial charge in [0, 0.05) is 13.6 Å². The highest BCUT2D eigenvalue weighted by Gasteiger charge is 2.14. The zero-order chi connectivity index (χ0) is 17.2. The van der Waals surface area contributed by atoms with E-state index in [0.717, 1.165) is 32.4 Å². The van der Waals surface area contributed by atoms with E-state index in [1.54, 1.807) is 11.3 Å². The molecule has 0 saturated carbocycles. The number of anilines is 1. The van der Waals surface area contributed by atoms with Crippen molar-refractivity contribution in [2.75, 3.05) is 25.3 Å². The van der Waals surface area contributed by atoms with Crippen LogP contribution in [0.2, 0.25) is 0 Å². The lowest BCUT2D eigenvalue weighted by molar-refractivity contribution is -0.119. The molecule has 3 aromatic rings. The van der Waals surface area contributed by atoms with Gasteiger partial charge in [-0.2, -0.15) is 0 Å². The Bertz CT molecular complexity index is 892. The Morgan fingerprint density at radius 3 is 2.96 bits per heavy atom. The van der Waals surface area contributed by atoms with Gasteiger partial charge in [-0.15, -0.1) is 0 Å². The van der Waals surface area contributed by atoms with Crippen molar-refractivity contribution in [3.05, 3.63) is 48.0 Å². The molecule has 1 aliphatic rings. The van der Waals surface area contributed by atoms with Crippen molar-refractivity contribution in [1.29, 1.82) is 0 Å². The molecule has 0 fully saturated rings. The van der Waals surface area contributed by atoms with Crippen molar-refractivity contribution in [1.82, 2.24) is 10.3 Å². The molecule has 7 heteroatoms. The molecule has 0 radical (unpaired) electrons. The van der Waals surface area contributed by atoms with Gasteiger partial charge in [0.2, 0.25) is 12.7 Å². The average molecular weight is 355 g/mol. The van der Waals surface area contributed by atoms with Crippen LogP contribution in [0, 0.1) is 0 Å². The third-order valence-corrected chi connectivity index (χ3v) is 5.07. The molecule has 0 saturated heterocycles. The summed E-state index contributed by atoms with van der Waals surface area (Å²) in [5, 5.41) is 3.76. The lowest BCUT2D eigenvalue weighted by Crippen LogP contribution is -2.34. The topological polar surface area (TPSA) is 63.7 Å². The van der Waals surface area contributed by atoms with E-state index in [0.29, 0.717) is 6.54 Å². The number of ether oxygens (including phenoxy) is 2. The molecule has 128 valence electrons. The van der Waals surface area contributed by atoms with Crippen molar-refractivity contribution < 1.29 is 14.3 Å². The van der Waals surface area contributed by atoms with Crippen LogP contribution in [0.3, 0.4) is 0 Å². The van der Waals surface area contributed by atoms with Crippen molar-refractivity contribution in [2.24, 2.45) is 0 Å². The number of carbonyl (C=O) groups is 1. The van der Waals surface area contributed by atoms with Gasteiger partial charge in [0.15, 0.2) is 16.6 Å². The first-order valence-electron chi connectivity index (χ1n) is 7.91. The minimum absolute atomic E-state index is 0.0561. The second kappa shape index (κ2) is 6.60. The quantitative estimate of drug-likeness (QED) is 0.762. The summed E-state index contributed by atoms with van der Waals surface area (Å²) in [5.74, 6) is 1.41. The molecule has 1 N–H and O–H groups in total. The standard InChI is InChI=1S/C18H17N3O3S/c1-21(18-20-13-4-2-3-5-16(13)25-18)10-17(22)19-9-12-6-7-14-15(8-12)24-11-23-14/h2-8H,9-11H2,1H3,(H,19,22). The highest BCUT2D eigenvalue weighted by atomic mass is 32.1. The Labute approximate surface area is 149 Å². The number of nitrogens with zero attached hydrogens (tertiary/aromatic N) is 2. The Morgan fingerprint density at radius 2 is 2.08 bits per heavy atom. The van der Waals surface area contributed by atoms with E-state index in [1.165, 1.54) is 0 Å². The van der Waals surface area contributed by atoms with E-state index in [1.807, 2.05) is 54.4 Å². The van der Waals surface area contributed by atoms with Crippen LogP contribution in [0.4, 0.5) is 5.13 Å². The van der Waals surface area contributed by atoms with Crippen molar-refractivity contribution >= 4 is 32.6 Å². The van der Waals surface area contributed by atoms with Crippen LogP contribution in [-0.4, -0.2) is 31.3 Å². The molecule has 6 nitrogen and oxygen atoms in total. The van der Waals surface area contributed by atoms with E-state index in [9.17, 15) is 4.79 Å². The van der Waals surface area contributed by atoms with E-state index >= 15 is 0 Å². The Morgan fingerprint density at radius 1 is 1.24 bits per heavy atom. The molecule has 2 aromatic carbocycles. The number of carbonyl (C=O) groups excluding carboxylic acids is 1. The highest BCUT2D eigenvalue weighted by Crippen LogP contribution is 2.32. The normalized spacial score (nSPS) is 12.4. The summed E-state index contributed by atoms with van der Waals surface area (Å²) in [4.78, 5) is 18.6. The first kappa shape index (κ1) is 15.7. The average Bonchev–Trinajstić information content (AvgIpc) is 3.25.